The Morgan fingerprint density at radius 2 is 2.17 bits per heavy atom. The van der Waals surface area contributed by atoms with Gasteiger partial charge in [-0.1, -0.05) is 0 Å². The first-order valence-electron chi connectivity index (χ1n) is 5.69. The molecule has 0 spiro atoms. The normalized spacial score (nSPS) is 10.1. The van der Waals surface area contributed by atoms with Crippen LogP contribution in [0, 0.1) is 0 Å². The zero-order valence-electron chi connectivity index (χ0n) is 10.8. The van der Waals surface area contributed by atoms with Crippen LogP contribution in [-0.4, -0.2) is 44.9 Å². The molecule has 0 aromatic carbocycles. The van der Waals surface area contributed by atoms with Crippen molar-refractivity contribution in [3.63, 3.8) is 0 Å². The first kappa shape index (κ1) is 14.2. The van der Waals surface area contributed by atoms with Gasteiger partial charge in [0.2, 0.25) is 0 Å². The number of rotatable bonds is 7. The summed E-state index contributed by atoms with van der Waals surface area (Å²) in [5, 5.41) is 0. The molecule has 0 saturated heterocycles. The van der Waals surface area contributed by atoms with E-state index in [0.29, 0.717) is 31.8 Å². The summed E-state index contributed by atoms with van der Waals surface area (Å²) >= 11 is 0. The number of aromatic nitrogens is 1. The number of hydrogen-bond acceptors (Lipinski definition) is 6. The first-order chi connectivity index (χ1) is 8.67. The van der Waals surface area contributed by atoms with Crippen LogP contribution in [0.5, 0.6) is 0 Å². The van der Waals surface area contributed by atoms with E-state index in [-0.39, 0.29) is 5.97 Å². The van der Waals surface area contributed by atoms with Crippen LogP contribution in [-0.2, 0) is 14.3 Å². The van der Waals surface area contributed by atoms with Crippen LogP contribution in [0.2, 0.25) is 0 Å². The predicted octanol–water partition coefficient (Wildman–Crippen LogP) is 0.680. The van der Waals surface area contributed by atoms with E-state index in [9.17, 15) is 4.79 Å². The number of nitrogen functional groups attached to an aromatic ring is 1. The Bertz CT molecular complexity index is 367. The monoisotopic (exact) mass is 253 g/mol. The minimum Gasteiger partial charge on any atom is -0.469 e. The maximum atomic E-state index is 11.2. The molecule has 0 unspecified atom stereocenters. The Kier molecular flexibility index (Phi) is 5.93. The fraction of sp³-hybridized carbons (Fsp3) is 0.500. The van der Waals surface area contributed by atoms with Gasteiger partial charge in [-0.3, -0.25) is 4.79 Å². The van der Waals surface area contributed by atoms with Gasteiger partial charge in [0.05, 0.1) is 32.0 Å². The van der Waals surface area contributed by atoms with Crippen molar-refractivity contribution >= 4 is 17.5 Å². The third-order valence-electron chi connectivity index (χ3n) is 2.47. The summed E-state index contributed by atoms with van der Waals surface area (Å²) in [7, 11) is 3.01. The van der Waals surface area contributed by atoms with E-state index >= 15 is 0 Å². The number of pyridine rings is 1. The van der Waals surface area contributed by atoms with E-state index in [1.807, 2.05) is 11.0 Å². The van der Waals surface area contributed by atoms with Crippen molar-refractivity contribution < 1.29 is 14.3 Å². The molecular formula is C12H19N3O3. The number of carbonyl (C=O) groups is 1. The number of anilines is 2. The molecule has 0 saturated carbocycles. The molecule has 1 rings (SSSR count). The van der Waals surface area contributed by atoms with E-state index < -0.39 is 0 Å². The van der Waals surface area contributed by atoms with Crippen molar-refractivity contribution in [2.24, 2.45) is 0 Å². The number of nitrogens with zero attached hydrogens (tertiary/aromatic N) is 2. The van der Waals surface area contributed by atoms with Crippen LogP contribution in [0.1, 0.15) is 6.42 Å². The summed E-state index contributed by atoms with van der Waals surface area (Å²) in [5.41, 5.74) is 6.20. The third-order valence-corrected chi connectivity index (χ3v) is 2.47. The highest BCUT2D eigenvalue weighted by Crippen LogP contribution is 2.12. The largest absolute Gasteiger partial charge is 0.469 e. The number of ether oxygens (including phenoxy) is 2. The summed E-state index contributed by atoms with van der Waals surface area (Å²) in [6.07, 6.45) is 1.90. The number of carbonyl (C=O) groups excluding carboxylic acids is 1. The van der Waals surface area contributed by atoms with Gasteiger partial charge in [-0.25, -0.2) is 4.98 Å². The molecule has 100 valence electrons. The lowest BCUT2D eigenvalue weighted by atomic mass is 10.3. The number of methoxy groups -OCH3 is 2. The Labute approximate surface area is 107 Å². The Hall–Kier alpha value is -1.82. The minimum atomic E-state index is -0.243. The van der Waals surface area contributed by atoms with E-state index in [4.69, 9.17) is 10.5 Å². The van der Waals surface area contributed by atoms with Gasteiger partial charge < -0.3 is 20.1 Å². The Balaban J connectivity index is 2.64. The molecule has 0 aliphatic heterocycles. The predicted molar refractivity (Wildman–Crippen MR) is 69.4 cm³/mol. The second-order valence-corrected chi connectivity index (χ2v) is 3.76. The molecule has 6 nitrogen and oxygen atoms in total. The standard InChI is InChI=1S/C12H19N3O3/c1-17-8-7-15(6-5-12(16)18-2)11-4-3-10(13)9-14-11/h3-4,9H,5-8,13H2,1-2H3. The van der Waals surface area contributed by atoms with Gasteiger partial charge in [-0.05, 0) is 12.1 Å². The SMILES string of the molecule is COCCN(CCC(=O)OC)c1ccc(N)cn1. The van der Waals surface area contributed by atoms with Crippen molar-refractivity contribution in [1.29, 1.82) is 0 Å². The molecule has 0 radical (unpaired) electrons. The molecule has 1 aromatic heterocycles. The maximum absolute atomic E-state index is 11.2. The van der Waals surface area contributed by atoms with Crippen molar-refractivity contribution in [2.45, 2.75) is 6.42 Å². The summed E-state index contributed by atoms with van der Waals surface area (Å²) in [5.74, 6) is 0.526. The van der Waals surface area contributed by atoms with Gasteiger partial charge in [0.1, 0.15) is 5.82 Å². The second-order valence-electron chi connectivity index (χ2n) is 3.76. The van der Waals surface area contributed by atoms with E-state index in [1.165, 1.54) is 7.11 Å². The summed E-state index contributed by atoms with van der Waals surface area (Å²) in [4.78, 5) is 17.3. The number of nitrogens with two attached hydrogens (primary N) is 1. The molecule has 18 heavy (non-hydrogen) atoms. The zero-order valence-corrected chi connectivity index (χ0v) is 10.8. The molecule has 0 amide bonds. The number of esters is 1. The molecule has 0 bridgehead atoms. The van der Waals surface area contributed by atoms with Crippen LogP contribution >= 0.6 is 0 Å². The topological polar surface area (TPSA) is 77.7 Å². The maximum Gasteiger partial charge on any atom is 0.307 e. The number of hydrogen-bond donors (Lipinski definition) is 1. The van der Waals surface area contributed by atoms with Crippen molar-refractivity contribution in [3.8, 4) is 0 Å². The highest BCUT2D eigenvalue weighted by molar-refractivity contribution is 5.69. The van der Waals surface area contributed by atoms with Crippen molar-refractivity contribution in [1.82, 2.24) is 4.98 Å². The molecule has 1 heterocycles. The van der Waals surface area contributed by atoms with Crippen LogP contribution < -0.4 is 10.6 Å². The van der Waals surface area contributed by atoms with Gasteiger partial charge in [0, 0.05) is 20.2 Å². The molecule has 0 aliphatic carbocycles. The highest BCUT2D eigenvalue weighted by Gasteiger charge is 2.10. The van der Waals surface area contributed by atoms with Crippen LogP contribution in [0.3, 0.4) is 0 Å². The van der Waals surface area contributed by atoms with E-state index in [2.05, 4.69) is 9.72 Å². The van der Waals surface area contributed by atoms with Gasteiger partial charge in [0.15, 0.2) is 0 Å². The van der Waals surface area contributed by atoms with E-state index in [1.54, 1.807) is 19.4 Å². The average Bonchev–Trinajstić information content (AvgIpc) is 2.40. The van der Waals surface area contributed by atoms with Gasteiger partial charge >= 0.3 is 5.97 Å². The summed E-state index contributed by atoms with van der Waals surface area (Å²) < 4.78 is 9.66. The quantitative estimate of drug-likeness (QED) is 0.720. The fourth-order valence-corrected chi connectivity index (χ4v) is 1.46. The smallest absolute Gasteiger partial charge is 0.307 e. The second kappa shape index (κ2) is 7.50. The lowest BCUT2D eigenvalue weighted by molar-refractivity contribution is -0.140. The molecule has 0 atom stereocenters. The van der Waals surface area contributed by atoms with Crippen molar-refractivity contribution in [3.05, 3.63) is 18.3 Å². The van der Waals surface area contributed by atoms with E-state index in [0.717, 1.165) is 5.82 Å². The average molecular weight is 253 g/mol. The van der Waals surface area contributed by atoms with Crippen LogP contribution in [0.15, 0.2) is 18.3 Å². The molecule has 6 heteroatoms. The Morgan fingerprint density at radius 3 is 2.72 bits per heavy atom. The molecule has 2 N–H and O–H groups in total. The summed E-state index contributed by atoms with van der Waals surface area (Å²) in [6.45, 7) is 1.75. The molecule has 1 aromatic rings. The fourth-order valence-electron chi connectivity index (χ4n) is 1.46. The Morgan fingerprint density at radius 1 is 1.39 bits per heavy atom. The first-order valence-corrected chi connectivity index (χ1v) is 5.69. The highest BCUT2D eigenvalue weighted by atomic mass is 16.5. The van der Waals surface area contributed by atoms with Gasteiger partial charge in [-0.2, -0.15) is 0 Å². The zero-order chi connectivity index (χ0) is 13.4. The molecule has 0 fully saturated rings. The molecule has 0 aliphatic rings. The molecular weight excluding hydrogens is 234 g/mol. The minimum absolute atomic E-state index is 0.243. The van der Waals surface area contributed by atoms with Gasteiger partial charge in [-0.15, -0.1) is 0 Å². The van der Waals surface area contributed by atoms with Gasteiger partial charge in [0.25, 0.3) is 0 Å². The lowest BCUT2D eigenvalue weighted by Crippen LogP contribution is -2.30. The summed E-state index contributed by atoms with van der Waals surface area (Å²) in [6, 6.07) is 3.60. The third kappa shape index (κ3) is 4.58. The lowest BCUT2D eigenvalue weighted by Gasteiger charge is -2.22. The van der Waals surface area contributed by atoms with Crippen LogP contribution in [0.25, 0.3) is 0 Å². The van der Waals surface area contributed by atoms with Crippen LogP contribution in [0.4, 0.5) is 11.5 Å². The van der Waals surface area contributed by atoms with Crippen molar-refractivity contribution in [2.75, 3.05) is 44.5 Å².